The molecular formula is C32H33F3N6O2S. The van der Waals surface area contributed by atoms with Crippen LogP contribution in [0.3, 0.4) is 0 Å². The van der Waals surface area contributed by atoms with Crippen molar-refractivity contribution in [3.05, 3.63) is 106 Å². The molecule has 2 heterocycles. The van der Waals surface area contributed by atoms with E-state index in [1.165, 1.54) is 52.2 Å². The number of alkyl halides is 3. The first-order valence-corrected chi connectivity index (χ1v) is 15.0. The van der Waals surface area contributed by atoms with Crippen molar-refractivity contribution in [2.45, 2.75) is 52.7 Å². The molecule has 2 aromatic heterocycles. The van der Waals surface area contributed by atoms with Crippen molar-refractivity contribution in [2.75, 3.05) is 6.54 Å². The molecule has 0 saturated carbocycles. The van der Waals surface area contributed by atoms with E-state index in [2.05, 4.69) is 68.7 Å². The van der Waals surface area contributed by atoms with Gasteiger partial charge >= 0.3 is 6.36 Å². The third-order valence-corrected chi connectivity index (χ3v) is 7.90. The lowest BCUT2D eigenvalue weighted by atomic mass is 9.99. The molecule has 1 unspecified atom stereocenters. The largest absolute Gasteiger partial charge is 0.573 e. The Hall–Kier alpha value is -4.26. The Morgan fingerprint density at radius 1 is 1.02 bits per heavy atom. The zero-order chi connectivity index (χ0) is 31.4. The van der Waals surface area contributed by atoms with E-state index in [9.17, 15) is 18.3 Å². The Kier molecular flexibility index (Phi) is 9.33. The van der Waals surface area contributed by atoms with Gasteiger partial charge in [-0.15, -0.1) is 29.6 Å². The molecule has 0 aliphatic carbocycles. The topological polar surface area (TPSA) is 89.5 Å². The summed E-state index contributed by atoms with van der Waals surface area (Å²) in [5.74, 6) is 0.516. The van der Waals surface area contributed by atoms with Crippen molar-refractivity contribution in [3.8, 4) is 28.5 Å². The van der Waals surface area contributed by atoms with Crippen molar-refractivity contribution in [1.29, 1.82) is 0 Å². The van der Waals surface area contributed by atoms with Gasteiger partial charge in [0.2, 0.25) is 6.35 Å². The zero-order valence-electron chi connectivity index (χ0n) is 24.7. The van der Waals surface area contributed by atoms with Gasteiger partial charge in [0, 0.05) is 23.2 Å². The lowest BCUT2D eigenvalue weighted by Gasteiger charge is -2.16. The van der Waals surface area contributed by atoms with E-state index in [0.717, 1.165) is 32.9 Å². The highest BCUT2D eigenvalue weighted by Crippen LogP contribution is 2.26. The quantitative estimate of drug-likeness (QED) is 0.175. The smallest absolute Gasteiger partial charge is 0.406 e. The molecule has 0 fully saturated rings. The maximum Gasteiger partial charge on any atom is 0.573 e. The summed E-state index contributed by atoms with van der Waals surface area (Å²) in [5.41, 5.74) is 6.92. The Bertz CT molecular complexity index is 1770. The molecule has 0 aliphatic rings. The number of nitrogens with zero attached hydrogens (tertiary/aromatic N) is 5. The van der Waals surface area contributed by atoms with Gasteiger partial charge in [-0.1, -0.05) is 50.2 Å². The molecule has 44 heavy (non-hydrogen) atoms. The molecule has 0 spiro atoms. The van der Waals surface area contributed by atoms with Crippen molar-refractivity contribution >= 4 is 11.3 Å². The van der Waals surface area contributed by atoms with Crippen LogP contribution >= 0.6 is 11.3 Å². The second-order valence-corrected chi connectivity index (χ2v) is 11.5. The number of hydrogen-bond donors (Lipinski definition) is 2. The fraction of sp³-hybridized carbons (Fsp3) is 0.281. The summed E-state index contributed by atoms with van der Waals surface area (Å²) in [6.45, 7) is 8.96. The van der Waals surface area contributed by atoms with Crippen LogP contribution < -0.4 is 14.9 Å². The zero-order valence-corrected chi connectivity index (χ0v) is 25.5. The summed E-state index contributed by atoms with van der Waals surface area (Å²) in [6, 6.07) is 19.6. The highest BCUT2D eigenvalue weighted by molar-refractivity contribution is 7.07. The van der Waals surface area contributed by atoms with E-state index >= 15 is 0 Å². The monoisotopic (exact) mass is 622 g/mol. The number of aliphatic hydroxyl groups excluding tert-OH is 1. The number of benzene rings is 3. The molecular weight excluding hydrogens is 589 g/mol. The highest BCUT2D eigenvalue weighted by Gasteiger charge is 2.31. The molecule has 3 aromatic carbocycles. The second kappa shape index (κ2) is 13.2. The van der Waals surface area contributed by atoms with Gasteiger partial charge in [0.15, 0.2) is 10.6 Å². The van der Waals surface area contributed by atoms with Gasteiger partial charge in [0.1, 0.15) is 12.1 Å². The van der Waals surface area contributed by atoms with Crippen molar-refractivity contribution in [1.82, 2.24) is 24.6 Å². The molecule has 0 bridgehead atoms. The number of nitrogens with one attached hydrogen (secondary N) is 1. The Morgan fingerprint density at radius 3 is 2.43 bits per heavy atom. The molecule has 2 N–H and O–H groups in total. The minimum Gasteiger partial charge on any atom is -0.406 e. The third-order valence-electron chi connectivity index (χ3n) is 6.94. The van der Waals surface area contributed by atoms with E-state index in [4.69, 9.17) is 0 Å². The van der Waals surface area contributed by atoms with Gasteiger partial charge in [0.25, 0.3) is 0 Å². The predicted octanol–water partition coefficient (Wildman–Crippen LogP) is 6.43. The van der Waals surface area contributed by atoms with E-state index in [1.54, 1.807) is 0 Å². The molecule has 1 atom stereocenters. The summed E-state index contributed by atoms with van der Waals surface area (Å²) >= 11 is 1.49. The number of aryl methyl sites for hydroxylation is 2. The van der Waals surface area contributed by atoms with Gasteiger partial charge < -0.3 is 9.84 Å². The van der Waals surface area contributed by atoms with Crippen molar-refractivity contribution < 1.29 is 23.0 Å². The third kappa shape index (κ3) is 7.62. The van der Waals surface area contributed by atoms with Gasteiger partial charge in [-0.3, -0.25) is 9.88 Å². The SMILES string of the molecule is Cc1ccc(C(C)C)c(-n2c(C)csc2=NC(O)NCCc2ccc(-c3ncn(-c4ccc(OC(F)(F)F)cc4)n3)cc2)c1. The van der Waals surface area contributed by atoms with Crippen LogP contribution in [0.15, 0.2) is 83.4 Å². The van der Waals surface area contributed by atoms with Crippen LogP contribution in [0.5, 0.6) is 5.75 Å². The average Bonchev–Trinajstić information content (AvgIpc) is 3.60. The Morgan fingerprint density at radius 2 is 1.75 bits per heavy atom. The maximum absolute atomic E-state index is 12.4. The first-order valence-electron chi connectivity index (χ1n) is 14.1. The van der Waals surface area contributed by atoms with Crippen LogP contribution in [-0.4, -0.2) is 43.7 Å². The lowest BCUT2D eigenvalue weighted by Crippen LogP contribution is -2.32. The average molecular weight is 623 g/mol. The van der Waals surface area contributed by atoms with Gasteiger partial charge in [-0.2, -0.15) is 0 Å². The molecule has 0 saturated heterocycles. The number of halogens is 3. The van der Waals surface area contributed by atoms with Crippen molar-refractivity contribution in [3.63, 3.8) is 0 Å². The molecule has 8 nitrogen and oxygen atoms in total. The van der Waals surface area contributed by atoms with E-state index < -0.39 is 12.7 Å². The normalized spacial score (nSPS) is 13.1. The minimum absolute atomic E-state index is 0.305. The summed E-state index contributed by atoms with van der Waals surface area (Å²) in [4.78, 5) is 9.62. The highest BCUT2D eigenvalue weighted by atomic mass is 32.1. The molecule has 0 amide bonds. The summed E-state index contributed by atoms with van der Waals surface area (Å²) < 4.78 is 44.7. The standard InChI is InChI=1S/C32H33F3N6O2S/c1-20(2)27-14-5-21(3)17-28(27)41-22(4)18-44-31(41)38-30(42)36-16-15-23-6-8-24(9-7-23)29-37-19-40(39-29)25-10-12-26(13-11-25)43-32(33,34)35/h5-14,17-20,30,36,42H,15-16H2,1-4H3. The van der Waals surface area contributed by atoms with E-state index in [-0.39, 0.29) is 5.75 Å². The first-order chi connectivity index (χ1) is 21.0. The predicted molar refractivity (Wildman–Crippen MR) is 164 cm³/mol. The van der Waals surface area contributed by atoms with E-state index in [1.807, 2.05) is 36.6 Å². The molecule has 5 aromatic rings. The molecule has 0 radical (unpaired) electrons. The summed E-state index contributed by atoms with van der Waals surface area (Å²) in [5, 5.41) is 20.3. The number of thiazole rings is 1. The fourth-order valence-electron chi connectivity index (χ4n) is 4.75. The fourth-order valence-corrected chi connectivity index (χ4v) is 5.64. The molecule has 0 aliphatic heterocycles. The first kappa shape index (κ1) is 31.2. The maximum atomic E-state index is 12.4. The van der Waals surface area contributed by atoms with Gasteiger partial charge in [0.05, 0.1) is 11.4 Å². The number of aliphatic hydroxyl groups is 1. The Labute approximate surface area is 257 Å². The van der Waals surface area contributed by atoms with Gasteiger partial charge in [-0.05, 0) is 73.2 Å². The minimum atomic E-state index is -4.74. The number of aromatic nitrogens is 4. The van der Waals surface area contributed by atoms with Crippen LogP contribution in [0.2, 0.25) is 0 Å². The second-order valence-electron chi connectivity index (χ2n) is 10.7. The van der Waals surface area contributed by atoms with Crippen LogP contribution in [0.1, 0.15) is 42.1 Å². The van der Waals surface area contributed by atoms with Crippen LogP contribution in [0.25, 0.3) is 22.8 Å². The van der Waals surface area contributed by atoms with Crippen LogP contribution in [-0.2, 0) is 6.42 Å². The van der Waals surface area contributed by atoms with Crippen LogP contribution in [0.4, 0.5) is 13.2 Å². The number of hydrogen-bond acceptors (Lipinski definition) is 7. The van der Waals surface area contributed by atoms with Crippen LogP contribution in [0, 0.1) is 13.8 Å². The lowest BCUT2D eigenvalue weighted by molar-refractivity contribution is -0.274. The summed E-state index contributed by atoms with van der Waals surface area (Å²) in [7, 11) is 0. The Balaban J connectivity index is 1.20. The molecule has 230 valence electrons. The number of rotatable bonds is 10. The van der Waals surface area contributed by atoms with Crippen molar-refractivity contribution in [2.24, 2.45) is 4.99 Å². The summed E-state index contributed by atoms with van der Waals surface area (Å²) in [6.07, 6.45) is -3.64. The molecule has 5 rings (SSSR count). The number of ether oxygens (including phenoxy) is 1. The van der Waals surface area contributed by atoms with Gasteiger partial charge in [-0.25, -0.2) is 14.7 Å². The van der Waals surface area contributed by atoms with E-state index in [0.29, 0.717) is 30.4 Å². The molecule has 12 heteroatoms.